The summed E-state index contributed by atoms with van der Waals surface area (Å²) in [6, 6.07) is 6.26. The summed E-state index contributed by atoms with van der Waals surface area (Å²) in [6.45, 7) is 0.987. The SMILES string of the molecule is CN1CC=CC=C1c1cccc[n+]1C. The lowest BCUT2D eigenvalue weighted by molar-refractivity contribution is -0.674. The Labute approximate surface area is 84.8 Å². The van der Waals surface area contributed by atoms with Crippen LogP contribution in [0.25, 0.3) is 5.70 Å². The fourth-order valence-corrected chi connectivity index (χ4v) is 1.67. The second-order valence-corrected chi connectivity index (χ2v) is 3.56. The predicted molar refractivity (Wildman–Crippen MR) is 57.4 cm³/mol. The molecule has 0 spiro atoms. The molecule has 0 N–H and O–H groups in total. The summed E-state index contributed by atoms with van der Waals surface area (Å²) in [5.74, 6) is 0. The second-order valence-electron chi connectivity index (χ2n) is 3.56. The molecule has 2 heteroatoms. The van der Waals surface area contributed by atoms with Gasteiger partial charge in [-0.15, -0.1) is 0 Å². The molecule has 2 rings (SSSR count). The van der Waals surface area contributed by atoms with Gasteiger partial charge in [-0.3, -0.25) is 0 Å². The van der Waals surface area contributed by atoms with Gasteiger partial charge in [-0.05, 0) is 12.1 Å². The van der Waals surface area contributed by atoms with Gasteiger partial charge in [0.2, 0.25) is 5.69 Å². The number of likely N-dealkylation sites (N-methyl/N-ethyl adjacent to an activating group) is 1. The quantitative estimate of drug-likeness (QED) is 0.602. The summed E-state index contributed by atoms with van der Waals surface area (Å²) in [4.78, 5) is 2.25. The molecule has 0 radical (unpaired) electrons. The van der Waals surface area contributed by atoms with Gasteiger partial charge in [0, 0.05) is 25.7 Å². The average molecular weight is 187 g/mol. The molecule has 0 bridgehead atoms. The predicted octanol–water partition coefficient (Wildman–Crippen LogP) is 1.35. The van der Waals surface area contributed by atoms with E-state index in [4.69, 9.17) is 0 Å². The van der Waals surface area contributed by atoms with E-state index in [0.717, 1.165) is 6.54 Å². The summed E-state index contributed by atoms with van der Waals surface area (Å²) in [7, 11) is 4.19. The molecule has 1 aliphatic heterocycles. The van der Waals surface area contributed by atoms with Crippen LogP contribution in [0.1, 0.15) is 5.69 Å². The highest BCUT2D eigenvalue weighted by Crippen LogP contribution is 2.16. The summed E-state index contributed by atoms with van der Waals surface area (Å²) in [5, 5.41) is 0. The molecule has 0 aromatic carbocycles. The number of rotatable bonds is 1. The van der Waals surface area contributed by atoms with Crippen LogP contribution in [-0.2, 0) is 7.05 Å². The summed E-state index contributed by atoms with van der Waals surface area (Å²) >= 11 is 0. The Bertz CT molecular complexity index is 391. The largest absolute Gasteiger partial charge is 0.366 e. The number of hydrogen-bond donors (Lipinski definition) is 0. The van der Waals surface area contributed by atoms with Crippen molar-refractivity contribution in [3.8, 4) is 0 Å². The Morgan fingerprint density at radius 3 is 2.93 bits per heavy atom. The lowest BCUT2D eigenvalue weighted by Crippen LogP contribution is -2.35. The van der Waals surface area contributed by atoms with Crippen molar-refractivity contribution in [2.24, 2.45) is 7.05 Å². The van der Waals surface area contributed by atoms with Gasteiger partial charge in [0.1, 0.15) is 12.7 Å². The molecule has 2 nitrogen and oxygen atoms in total. The van der Waals surface area contributed by atoms with Crippen molar-refractivity contribution in [3.63, 3.8) is 0 Å². The van der Waals surface area contributed by atoms with E-state index < -0.39 is 0 Å². The van der Waals surface area contributed by atoms with Crippen LogP contribution in [0.3, 0.4) is 0 Å². The number of aryl methyl sites for hydroxylation is 1. The molecule has 0 fully saturated rings. The van der Waals surface area contributed by atoms with Crippen LogP contribution in [0.2, 0.25) is 0 Å². The third-order valence-corrected chi connectivity index (χ3v) is 2.50. The summed E-state index contributed by atoms with van der Waals surface area (Å²) in [5.41, 5.74) is 2.52. The fourth-order valence-electron chi connectivity index (χ4n) is 1.67. The molecule has 1 aliphatic rings. The second kappa shape index (κ2) is 3.66. The molecule has 0 saturated carbocycles. The van der Waals surface area contributed by atoms with Crippen LogP contribution < -0.4 is 4.57 Å². The molecule has 0 atom stereocenters. The third-order valence-electron chi connectivity index (χ3n) is 2.50. The maximum atomic E-state index is 2.25. The molecule has 0 aliphatic carbocycles. The van der Waals surface area contributed by atoms with E-state index in [1.54, 1.807) is 0 Å². The van der Waals surface area contributed by atoms with Crippen molar-refractivity contribution in [1.82, 2.24) is 4.90 Å². The molecule has 1 aromatic rings. The monoisotopic (exact) mass is 187 g/mol. The molecule has 2 heterocycles. The number of pyridine rings is 1. The Hall–Kier alpha value is -1.57. The number of nitrogens with zero attached hydrogens (tertiary/aromatic N) is 2. The van der Waals surface area contributed by atoms with Gasteiger partial charge in [0.15, 0.2) is 6.20 Å². The standard InChI is InChI=1S/C12H15N2/c1-13-9-5-3-7-11(13)12-8-4-6-10-14(12)2/h3-9H,10H2,1-2H3/q+1. The maximum absolute atomic E-state index is 2.25. The van der Waals surface area contributed by atoms with Crippen LogP contribution in [0.15, 0.2) is 42.6 Å². The maximum Gasteiger partial charge on any atom is 0.228 e. The first-order valence-corrected chi connectivity index (χ1v) is 4.82. The summed E-state index contributed by atoms with van der Waals surface area (Å²) in [6.07, 6.45) is 8.50. The van der Waals surface area contributed by atoms with Crippen LogP contribution in [0.5, 0.6) is 0 Å². The first kappa shape index (κ1) is 9.00. The zero-order chi connectivity index (χ0) is 9.97. The Balaban J connectivity index is 2.44. The minimum absolute atomic E-state index is 0.987. The van der Waals surface area contributed by atoms with E-state index in [9.17, 15) is 0 Å². The van der Waals surface area contributed by atoms with Crippen molar-refractivity contribution in [2.75, 3.05) is 13.6 Å². The zero-order valence-electron chi connectivity index (χ0n) is 8.64. The van der Waals surface area contributed by atoms with Gasteiger partial charge in [-0.1, -0.05) is 12.2 Å². The van der Waals surface area contributed by atoms with Crippen molar-refractivity contribution in [1.29, 1.82) is 0 Å². The Morgan fingerprint density at radius 1 is 1.36 bits per heavy atom. The molecule has 72 valence electrons. The first-order chi connectivity index (χ1) is 6.79. The summed E-state index contributed by atoms with van der Waals surface area (Å²) < 4.78 is 2.14. The Kier molecular flexibility index (Phi) is 2.35. The molecule has 0 saturated heterocycles. The van der Waals surface area contributed by atoms with Crippen LogP contribution >= 0.6 is 0 Å². The number of allylic oxidation sites excluding steroid dienone is 2. The van der Waals surface area contributed by atoms with Crippen molar-refractivity contribution < 1.29 is 4.57 Å². The molecule has 14 heavy (non-hydrogen) atoms. The van der Waals surface area contributed by atoms with E-state index in [-0.39, 0.29) is 0 Å². The number of aromatic nitrogens is 1. The molecule has 0 unspecified atom stereocenters. The highest BCUT2D eigenvalue weighted by Gasteiger charge is 2.15. The van der Waals surface area contributed by atoms with Gasteiger partial charge < -0.3 is 4.90 Å². The van der Waals surface area contributed by atoms with Crippen molar-refractivity contribution in [3.05, 3.63) is 48.3 Å². The Morgan fingerprint density at radius 2 is 2.21 bits per heavy atom. The average Bonchev–Trinajstić information content (AvgIpc) is 2.20. The van der Waals surface area contributed by atoms with Crippen molar-refractivity contribution >= 4 is 5.70 Å². The fraction of sp³-hybridized carbons (Fsp3) is 0.250. The van der Waals surface area contributed by atoms with Crippen LogP contribution in [-0.4, -0.2) is 18.5 Å². The van der Waals surface area contributed by atoms with Gasteiger partial charge in [0.05, 0.1) is 0 Å². The van der Waals surface area contributed by atoms with E-state index in [2.05, 4.69) is 60.1 Å². The van der Waals surface area contributed by atoms with E-state index in [0.29, 0.717) is 0 Å². The lowest BCUT2D eigenvalue weighted by atomic mass is 10.2. The van der Waals surface area contributed by atoms with E-state index in [1.807, 2.05) is 6.07 Å². The van der Waals surface area contributed by atoms with Crippen molar-refractivity contribution in [2.45, 2.75) is 0 Å². The lowest BCUT2D eigenvalue weighted by Gasteiger charge is -2.21. The van der Waals surface area contributed by atoms with Crippen LogP contribution in [0.4, 0.5) is 0 Å². The molecule has 0 amide bonds. The van der Waals surface area contributed by atoms with E-state index >= 15 is 0 Å². The molecule has 1 aromatic heterocycles. The highest BCUT2D eigenvalue weighted by molar-refractivity contribution is 5.61. The topological polar surface area (TPSA) is 7.12 Å². The van der Waals surface area contributed by atoms with Gasteiger partial charge in [0.25, 0.3) is 0 Å². The normalized spacial score (nSPS) is 15.6. The highest BCUT2D eigenvalue weighted by atomic mass is 15.1. The smallest absolute Gasteiger partial charge is 0.228 e. The van der Waals surface area contributed by atoms with Gasteiger partial charge in [-0.25, -0.2) is 0 Å². The van der Waals surface area contributed by atoms with Crippen LogP contribution in [0, 0.1) is 0 Å². The molecular weight excluding hydrogens is 172 g/mol. The first-order valence-electron chi connectivity index (χ1n) is 4.82. The van der Waals surface area contributed by atoms with Gasteiger partial charge >= 0.3 is 0 Å². The van der Waals surface area contributed by atoms with Gasteiger partial charge in [-0.2, -0.15) is 4.57 Å². The third kappa shape index (κ3) is 1.55. The zero-order valence-corrected chi connectivity index (χ0v) is 8.64. The van der Waals surface area contributed by atoms with E-state index in [1.165, 1.54) is 11.4 Å². The number of hydrogen-bond acceptors (Lipinski definition) is 1. The minimum atomic E-state index is 0.987. The molecular formula is C12H15N2+. The minimum Gasteiger partial charge on any atom is -0.366 e.